The van der Waals surface area contributed by atoms with Crippen LogP contribution in [0.25, 0.3) is 0 Å². The van der Waals surface area contributed by atoms with Crippen molar-refractivity contribution in [2.45, 2.75) is 44.6 Å². The average Bonchev–Trinajstić information content (AvgIpc) is 2.39. The monoisotopic (exact) mass is 256 g/mol. The standard InChI is InChI=1S/C14H28N2S/c1-16(11-13-5-3-2-4-6-13)9-7-14-12-17-10-8-15-14/h13-15H,2-12H2,1H3. The number of thioether (sulfide) groups is 1. The first-order chi connectivity index (χ1) is 8.34. The molecule has 1 atom stereocenters. The molecule has 1 aliphatic heterocycles. The Balaban J connectivity index is 1.57. The van der Waals surface area contributed by atoms with Gasteiger partial charge in [-0.2, -0.15) is 11.8 Å². The quantitative estimate of drug-likeness (QED) is 0.814. The van der Waals surface area contributed by atoms with Crippen molar-refractivity contribution < 1.29 is 0 Å². The van der Waals surface area contributed by atoms with Gasteiger partial charge in [-0.1, -0.05) is 19.3 Å². The summed E-state index contributed by atoms with van der Waals surface area (Å²) in [6, 6.07) is 0.766. The lowest BCUT2D eigenvalue weighted by Crippen LogP contribution is -2.40. The van der Waals surface area contributed by atoms with Crippen LogP contribution in [0.4, 0.5) is 0 Å². The molecule has 0 aromatic carbocycles. The van der Waals surface area contributed by atoms with Gasteiger partial charge in [-0.05, 0) is 38.8 Å². The third kappa shape index (κ3) is 5.19. The third-order valence-corrected chi connectivity index (χ3v) is 5.28. The molecule has 1 N–H and O–H groups in total. The zero-order chi connectivity index (χ0) is 11.9. The summed E-state index contributed by atoms with van der Waals surface area (Å²) in [6.07, 6.45) is 8.70. The summed E-state index contributed by atoms with van der Waals surface area (Å²) in [6.45, 7) is 3.82. The molecule has 0 spiro atoms. The third-order valence-electron chi connectivity index (χ3n) is 4.15. The molecule has 3 heteroatoms. The van der Waals surface area contributed by atoms with E-state index >= 15 is 0 Å². The van der Waals surface area contributed by atoms with Gasteiger partial charge in [0.15, 0.2) is 0 Å². The Morgan fingerprint density at radius 3 is 2.76 bits per heavy atom. The zero-order valence-electron chi connectivity index (χ0n) is 11.3. The summed E-state index contributed by atoms with van der Waals surface area (Å²) < 4.78 is 0. The maximum Gasteiger partial charge on any atom is 0.0170 e. The Hall–Kier alpha value is 0.270. The van der Waals surface area contributed by atoms with Gasteiger partial charge in [-0.3, -0.25) is 0 Å². The van der Waals surface area contributed by atoms with E-state index in [0.29, 0.717) is 0 Å². The molecule has 2 nitrogen and oxygen atoms in total. The van der Waals surface area contributed by atoms with E-state index in [0.717, 1.165) is 12.0 Å². The van der Waals surface area contributed by atoms with Crippen LogP contribution in [-0.4, -0.2) is 49.1 Å². The molecule has 1 saturated carbocycles. The summed E-state index contributed by atoms with van der Waals surface area (Å²) in [5, 5.41) is 3.63. The van der Waals surface area contributed by atoms with Gasteiger partial charge in [0.05, 0.1) is 0 Å². The van der Waals surface area contributed by atoms with Gasteiger partial charge in [0, 0.05) is 30.6 Å². The number of rotatable bonds is 5. The van der Waals surface area contributed by atoms with Gasteiger partial charge in [0.2, 0.25) is 0 Å². The van der Waals surface area contributed by atoms with Gasteiger partial charge < -0.3 is 10.2 Å². The molecule has 2 aliphatic rings. The van der Waals surface area contributed by atoms with Gasteiger partial charge in [0.25, 0.3) is 0 Å². The summed E-state index contributed by atoms with van der Waals surface area (Å²) in [7, 11) is 2.31. The van der Waals surface area contributed by atoms with E-state index in [1.807, 2.05) is 0 Å². The minimum absolute atomic E-state index is 0.766. The van der Waals surface area contributed by atoms with Gasteiger partial charge in [-0.15, -0.1) is 0 Å². The Morgan fingerprint density at radius 1 is 1.24 bits per heavy atom. The highest BCUT2D eigenvalue weighted by molar-refractivity contribution is 7.99. The molecular weight excluding hydrogens is 228 g/mol. The molecule has 0 bridgehead atoms. The molecule has 0 aromatic heterocycles. The van der Waals surface area contributed by atoms with Crippen molar-refractivity contribution in [2.75, 3.05) is 38.2 Å². The Morgan fingerprint density at radius 2 is 2.06 bits per heavy atom. The maximum absolute atomic E-state index is 3.63. The van der Waals surface area contributed by atoms with Crippen LogP contribution in [0.15, 0.2) is 0 Å². The number of hydrogen-bond donors (Lipinski definition) is 1. The van der Waals surface area contributed by atoms with E-state index in [4.69, 9.17) is 0 Å². The fourth-order valence-corrected chi connectivity index (χ4v) is 4.08. The Bertz CT molecular complexity index is 198. The van der Waals surface area contributed by atoms with Gasteiger partial charge in [-0.25, -0.2) is 0 Å². The van der Waals surface area contributed by atoms with Crippen molar-refractivity contribution in [1.82, 2.24) is 10.2 Å². The van der Waals surface area contributed by atoms with Crippen LogP contribution in [0.2, 0.25) is 0 Å². The van der Waals surface area contributed by atoms with Crippen molar-refractivity contribution in [3.63, 3.8) is 0 Å². The Labute approximate surface area is 111 Å². The van der Waals surface area contributed by atoms with Crippen LogP contribution in [0.3, 0.4) is 0 Å². The summed E-state index contributed by atoms with van der Waals surface area (Å²) in [5.41, 5.74) is 0. The molecule has 2 fully saturated rings. The molecule has 0 aromatic rings. The molecule has 0 amide bonds. The number of nitrogens with one attached hydrogen (secondary N) is 1. The van der Waals surface area contributed by atoms with Crippen LogP contribution in [0.1, 0.15) is 38.5 Å². The molecular formula is C14H28N2S. The smallest absolute Gasteiger partial charge is 0.0170 e. The fourth-order valence-electron chi connectivity index (χ4n) is 3.08. The predicted octanol–water partition coefficient (Wildman–Crippen LogP) is 2.59. The fraction of sp³-hybridized carbons (Fsp3) is 1.00. The molecule has 1 aliphatic carbocycles. The molecule has 1 unspecified atom stereocenters. The zero-order valence-corrected chi connectivity index (χ0v) is 12.1. The molecule has 1 heterocycles. The van der Waals surface area contributed by atoms with Crippen molar-refractivity contribution in [1.29, 1.82) is 0 Å². The molecule has 100 valence electrons. The van der Waals surface area contributed by atoms with E-state index in [9.17, 15) is 0 Å². The first kappa shape index (κ1) is 13.7. The highest BCUT2D eigenvalue weighted by Crippen LogP contribution is 2.24. The van der Waals surface area contributed by atoms with Crippen LogP contribution in [0.5, 0.6) is 0 Å². The molecule has 17 heavy (non-hydrogen) atoms. The second kappa shape index (κ2) is 7.65. The minimum atomic E-state index is 0.766. The van der Waals surface area contributed by atoms with Crippen molar-refractivity contribution >= 4 is 11.8 Å². The van der Waals surface area contributed by atoms with E-state index < -0.39 is 0 Å². The normalized spacial score (nSPS) is 27.5. The minimum Gasteiger partial charge on any atom is -0.312 e. The lowest BCUT2D eigenvalue weighted by molar-refractivity contribution is 0.226. The summed E-state index contributed by atoms with van der Waals surface area (Å²) in [4.78, 5) is 2.57. The SMILES string of the molecule is CN(CCC1CSCCN1)CC1CCCCC1. The van der Waals surface area contributed by atoms with Crippen LogP contribution >= 0.6 is 11.8 Å². The molecule has 2 rings (SSSR count). The molecule has 1 saturated heterocycles. The van der Waals surface area contributed by atoms with E-state index in [1.54, 1.807) is 0 Å². The first-order valence-corrected chi connectivity index (χ1v) is 8.50. The number of nitrogens with zero attached hydrogens (tertiary/aromatic N) is 1. The highest BCUT2D eigenvalue weighted by Gasteiger charge is 2.17. The van der Waals surface area contributed by atoms with Crippen LogP contribution < -0.4 is 5.32 Å². The molecule has 0 radical (unpaired) electrons. The first-order valence-electron chi connectivity index (χ1n) is 7.34. The predicted molar refractivity (Wildman–Crippen MR) is 77.8 cm³/mol. The van der Waals surface area contributed by atoms with Crippen molar-refractivity contribution in [3.8, 4) is 0 Å². The topological polar surface area (TPSA) is 15.3 Å². The van der Waals surface area contributed by atoms with Crippen molar-refractivity contribution in [2.24, 2.45) is 5.92 Å². The Kier molecular flexibility index (Phi) is 6.16. The van der Waals surface area contributed by atoms with E-state index in [2.05, 4.69) is 29.0 Å². The van der Waals surface area contributed by atoms with Gasteiger partial charge in [0.1, 0.15) is 0 Å². The maximum atomic E-state index is 3.63. The second-order valence-corrected chi connectivity index (χ2v) is 6.93. The largest absolute Gasteiger partial charge is 0.312 e. The van der Waals surface area contributed by atoms with E-state index in [1.165, 1.54) is 69.7 Å². The van der Waals surface area contributed by atoms with Crippen LogP contribution in [0, 0.1) is 5.92 Å². The average molecular weight is 256 g/mol. The van der Waals surface area contributed by atoms with Gasteiger partial charge >= 0.3 is 0 Å². The summed E-state index contributed by atoms with van der Waals surface area (Å²) in [5.74, 6) is 3.61. The highest BCUT2D eigenvalue weighted by atomic mass is 32.2. The lowest BCUT2D eigenvalue weighted by atomic mass is 9.89. The van der Waals surface area contributed by atoms with E-state index in [-0.39, 0.29) is 0 Å². The number of hydrogen-bond acceptors (Lipinski definition) is 3. The second-order valence-electron chi connectivity index (χ2n) is 5.78. The summed E-state index contributed by atoms with van der Waals surface area (Å²) >= 11 is 2.11. The van der Waals surface area contributed by atoms with Crippen LogP contribution in [-0.2, 0) is 0 Å². The lowest BCUT2D eigenvalue weighted by Gasteiger charge is -2.29. The van der Waals surface area contributed by atoms with Crippen molar-refractivity contribution in [3.05, 3.63) is 0 Å².